The molecule has 0 fully saturated rings. The molecular weight excluding hydrogens is 306 g/mol. The van der Waals surface area contributed by atoms with Crippen LogP contribution < -0.4 is 5.32 Å². The Balaban J connectivity index is 2.11. The third kappa shape index (κ3) is 2.77. The van der Waals surface area contributed by atoms with Crippen LogP contribution in [0.2, 0.25) is 0 Å². The minimum absolute atomic E-state index is 0.256. The topological polar surface area (TPSA) is 77.6 Å². The van der Waals surface area contributed by atoms with Crippen molar-refractivity contribution in [1.29, 1.82) is 0 Å². The molecule has 120 valence electrons. The molecule has 0 radical (unpaired) electrons. The number of carbonyl (C=O) groups is 1. The highest BCUT2D eigenvalue weighted by Gasteiger charge is 2.30. The van der Waals surface area contributed by atoms with Crippen LogP contribution in [0.4, 0.5) is 14.6 Å². The largest absolute Gasteiger partial charge is 0.331 e. The van der Waals surface area contributed by atoms with Crippen molar-refractivity contribution in [1.82, 2.24) is 24.3 Å². The van der Waals surface area contributed by atoms with E-state index in [0.717, 1.165) is 6.92 Å². The first-order valence-electron chi connectivity index (χ1n) is 6.79. The second-order valence-corrected chi connectivity index (χ2v) is 5.29. The lowest BCUT2D eigenvalue weighted by atomic mass is 10.3. The van der Waals surface area contributed by atoms with Crippen LogP contribution in [0.25, 0.3) is 16.7 Å². The summed E-state index contributed by atoms with van der Waals surface area (Å²) in [6.45, 7) is 2.16. The maximum Gasteiger partial charge on any atom is 0.302 e. The summed E-state index contributed by atoms with van der Waals surface area (Å²) in [6, 6.07) is 1.61. The van der Waals surface area contributed by atoms with Crippen molar-refractivity contribution >= 4 is 22.6 Å². The minimum atomic E-state index is -3.06. The van der Waals surface area contributed by atoms with E-state index in [0.29, 0.717) is 16.7 Å². The molecule has 0 aliphatic carbocycles. The van der Waals surface area contributed by atoms with E-state index in [4.69, 9.17) is 0 Å². The highest BCUT2D eigenvalue weighted by molar-refractivity contribution is 5.90. The number of fused-ring (bicyclic) bond motifs is 1. The van der Waals surface area contributed by atoms with Gasteiger partial charge in [-0.2, -0.15) is 13.9 Å². The van der Waals surface area contributed by atoms with Crippen LogP contribution in [0.15, 0.2) is 24.7 Å². The summed E-state index contributed by atoms with van der Waals surface area (Å²) in [5.74, 6) is -3.05. The van der Waals surface area contributed by atoms with Gasteiger partial charge in [-0.3, -0.25) is 4.79 Å². The fourth-order valence-corrected chi connectivity index (χ4v) is 2.31. The average molecular weight is 320 g/mol. The number of nitrogens with zero attached hydrogens (tertiary/aromatic N) is 5. The van der Waals surface area contributed by atoms with Crippen LogP contribution in [0.5, 0.6) is 0 Å². The fourth-order valence-electron chi connectivity index (χ4n) is 2.31. The number of rotatable bonds is 3. The van der Waals surface area contributed by atoms with Crippen molar-refractivity contribution in [2.45, 2.75) is 19.8 Å². The molecule has 0 aromatic carbocycles. The molecule has 0 saturated heterocycles. The monoisotopic (exact) mass is 320 g/mol. The van der Waals surface area contributed by atoms with Crippen molar-refractivity contribution in [3.63, 3.8) is 0 Å². The maximum atomic E-state index is 13.5. The Kier molecular flexibility index (Phi) is 3.35. The summed E-state index contributed by atoms with van der Waals surface area (Å²) in [4.78, 5) is 19.2. The first-order chi connectivity index (χ1) is 10.8. The fraction of sp³-hybridized carbons (Fsp3) is 0.286. The van der Waals surface area contributed by atoms with Crippen LogP contribution in [0.3, 0.4) is 0 Å². The normalized spacial score (nSPS) is 11.9. The van der Waals surface area contributed by atoms with E-state index in [1.807, 2.05) is 0 Å². The molecule has 0 spiro atoms. The van der Waals surface area contributed by atoms with E-state index in [2.05, 4.69) is 20.4 Å². The van der Waals surface area contributed by atoms with E-state index in [1.54, 1.807) is 18.5 Å². The second kappa shape index (κ2) is 5.11. The third-order valence-electron chi connectivity index (χ3n) is 3.23. The minimum Gasteiger partial charge on any atom is -0.331 e. The summed E-state index contributed by atoms with van der Waals surface area (Å²) in [5, 5.41) is 7.44. The molecule has 1 amide bonds. The molecule has 3 rings (SSSR count). The zero-order valence-corrected chi connectivity index (χ0v) is 12.7. The highest BCUT2D eigenvalue weighted by atomic mass is 19.3. The molecule has 0 aliphatic rings. The molecule has 0 unspecified atom stereocenters. The van der Waals surface area contributed by atoms with E-state index in [9.17, 15) is 13.6 Å². The Bertz CT molecular complexity index is 892. The van der Waals surface area contributed by atoms with Gasteiger partial charge in [-0.1, -0.05) is 0 Å². The number of carbonyl (C=O) groups excluding carboxylic acids is 1. The number of amides is 1. The standard InChI is InChI=1S/C14H14F2N6O/c1-8(23)19-11-4-10-9(5-17-11)6-18-22(10)12-7-21(3)13(20-12)14(2,15)16/h4-7H,1-3H3,(H,17,19,23). The molecule has 1 N–H and O–H groups in total. The zero-order valence-electron chi connectivity index (χ0n) is 12.7. The lowest BCUT2D eigenvalue weighted by Crippen LogP contribution is -2.13. The summed E-state index contributed by atoms with van der Waals surface area (Å²) in [6.07, 6.45) is 4.57. The predicted molar refractivity (Wildman–Crippen MR) is 79.5 cm³/mol. The van der Waals surface area contributed by atoms with E-state index >= 15 is 0 Å². The summed E-state index contributed by atoms with van der Waals surface area (Å²) in [5.41, 5.74) is 0.604. The van der Waals surface area contributed by atoms with Crippen molar-refractivity contribution in [3.8, 4) is 5.82 Å². The molecule has 7 nitrogen and oxygen atoms in total. The number of hydrogen-bond donors (Lipinski definition) is 1. The average Bonchev–Trinajstić information content (AvgIpc) is 3.00. The molecule has 0 aliphatic heterocycles. The van der Waals surface area contributed by atoms with Crippen LogP contribution >= 0.6 is 0 Å². The second-order valence-electron chi connectivity index (χ2n) is 5.29. The molecular formula is C14H14F2N6O. The lowest BCUT2D eigenvalue weighted by molar-refractivity contribution is -0.114. The van der Waals surface area contributed by atoms with E-state index < -0.39 is 5.92 Å². The highest BCUT2D eigenvalue weighted by Crippen LogP contribution is 2.27. The van der Waals surface area contributed by atoms with Crippen LogP contribution in [-0.4, -0.2) is 30.2 Å². The van der Waals surface area contributed by atoms with Gasteiger partial charge in [0.15, 0.2) is 11.6 Å². The molecule has 0 bridgehead atoms. The number of halogens is 2. The van der Waals surface area contributed by atoms with Gasteiger partial charge in [-0.25, -0.2) is 14.6 Å². The van der Waals surface area contributed by atoms with Crippen molar-refractivity contribution < 1.29 is 13.6 Å². The quantitative estimate of drug-likeness (QED) is 0.803. The number of anilines is 1. The Morgan fingerprint density at radius 1 is 1.35 bits per heavy atom. The molecule has 9 heteroatoms. The first kappa shape index (κ1) is 15.1. The van der Waals surface area contributed by atoms with Crippen molar-refractivity contribution in [3.05, 3.63) is 30.5 Å². The summed E-state index contributed by atoms with van der Waals surface area (Å²) < 4.78 is 29.7. The van der Waals surface area contributed by atoms with Gasteiger partial charge in [0, 0.05) is 44.7 Å². The Labute approximate surface area is 130 Å². The van der Waals surface area contributed by atoms with Gasteiger partial charge in [0.05, 0.1) is 11.7 Å². The number of nitrogens with one attached hydrogen (secondary N) is 1. The Morgan fingerprint density at radius 3 is 2.70 bits per heavy atom. The number of imidazole rings is 1. The Hall–Kier alpha value is -2.84. The maximum absolute atomic E-state index is 13.5. The summed E-state index contributed by atoms with van der Waals surface area (Å²) >= 11 is 0. The molecule has 3 aromatic heterocycles. The number of aryl methyl sites for hydroxylation is 1. The SMILES string of the molecule is CC(=O)Nc1cc2c(cn1)cnn2-c1cn(C)c(C(C)(F)F)n1. The lowest BCUT2D eigenvalue weighted by Gasteiger charge is -2.08. The van der Waals surface area contributed by atoms with Gasteiger partial charge in [-0.15, -0.1) is 0 Å². The number of pyridine rings is 1. The van der Waals surface area contributed by atoms with Gasteiger partial charge in [0.1, 0.15) is 5.82 Å². The van der Waals surface area contributed by atoms with Crippen LogP contribution in [-0.2, 0) is 17.8 Å². The van der Waals surface area contributed by atoms with Crippen LogP contribution in [0.1, 0.15) is 19.7 Å². The molecule has 3 aromatic rings. The summed E-state index contributed by atoms with van der Waals surface area (Å²) in [7, 11) is 1.50. The molecule has 0 atom stereocenters. The molecule has 23 heavy (non-hydrogen) atoms. The van der Waals surface area contributed by atoms with Gasteiger partial charge < -0.3 is 9.88 Å². The zero-order chi connectivity index (χ0) is 16.8. The van der Waals surface area contributed by atoms with Crippen molar-refractivity contribution in [2.24, 2.45) is 7.05 Å². The third-order valence-corrected chi connectivity index (χ3v) is 3.23. The molecule has 0 saturated carbocycles. The predicted octanol–water partition coefficient (Wildman–Crippen LogP) is 2.22. The number of alkyl halides is 2. The first-order valence-corrected chi connectivity index (χ1v) is 6.79. The van der Waals surface area contributed by atoms with Crippen molar-refractivity contribution in [2.75, 3.05) is 5.32 Å². The van der Waals surface area contributed by atoms with Gasteiger partial charge in [0.25, 0.3) is 0 Å². The van der Waals surface area contributed by atoms with Crippen LogP contribution in [0, 0.1) is 0 Å². The molecule has 3 heterocycles. The van der Waals surface area contributed by atoms with E-state index in [-0.39, 0.29) is 17.5 Å². The number of aromatic nitrogens is 5. The number of hydrogen-bond acceptors (Lipinski definition) is 4. The van der Waals surface area contributed by atoms with Gasteiger partial charge in [-0.05, 0) is 0 Å². The van der Waals surface area contributed by atoms with Gasteiger partial charge >= 0.3 is 5.92 Å². The van der Waals surface area contributed by atoms with Gasteiger partial charge in [0.2, 0.25) is 5.91 Å². The van der Waals surface area contributed by atoms with E-state index in [1.165, 1.54) is 29.4 Å². The Morgan fingerprint density at radius 2 is 2.09 bits per heavy atom. The smallest absolute Gasteiger partial charge is 0.302 e.